The van der Waals surface area contributed by atoms with Crippen molar-refractivity contribution in [2.75, 3.05) is 0 Å². The van der Waals surface area contributed by atoms with Crippen LogP contribution in [0, 0.1) is 105 Å². The van der Waals surface area contributed by atoms with Crippen molar-refractivity contribution in [3.63, 3.8) is 0 Å². The Kier molecular flexibility index (Phi) is 8.98. The van der Waals surface area contributed by atoms with Crippen molar-refractivity contribution >= 4 is 34.2 Å². The molecule has 2 N–H and O–H groups in total. The second-order valence-corrected chi connectivity index (χ2v) is 15.1. The normalized spacial score (nSPS) is 15.4. The van der Waals surface area contributed by atoms with Crippen LogP contribution in [-0.4, -0.2) is 19.9 Å². The van der Waals surface area contributed by atoms with Crippen molar-refractivity contribution in [3.05, 3.63) is 152 Å². The van der Waals surface area contributed by atoms with E-state index in [1.165, 1.54) is 0 Å². The summed E-state index contributed by atoms with van der Waals surface area (Å²) in [5.41, 5.74) is -16.7. The largest absolute Gasteiger partial charge is 0.476 e. The zero-order valence-corrected chi connectivity index (χ0v) is 32.1. The van der Waals surface area contributed by atoms with E-state index in [0.717, 1.165) is 24.3 Å². The van der Waals surface area contributed by atoms with Crippen molar-refractivity contribution in [1.82, 2.24) is 19.9 Å². The molecule has 4 aliphatic rings. The maximum absolute atomic E-state index is 16.1. The first kappa shape index (κ1) is 42.7. The minimum atomic E-state index is -2.67. The van der Waals surface area contributed by atoms with Crippen molar-refractivity contribution in [2.45, 2.75) is 12.2 Å². The Labute approximate surface area is 362 Å². The molecule has 0 unspecified atom stereocenters. The molecule has 3 aromatic heterocycles. The molecule has 24 heteroatoms. The first-order chi connectivity index (χ1) is 32.2. The molecule has 0 fully saturated rings. The summed E-state index contributed by atoms with van der Waals surface area (Å²) in [6.45, 7) is 0. The zero-order chi connectivity index (χ0) is 48.4. The smallest absolute Gasteiger partial charge is 0.204 e. The van der Waals surface area contributed by atoms with Gasteiger partial charge in [0, 0.05) is 44.3 Å². The molecule has 7 heterocycles. The van der Waals surface area contributed by atoms with Gasteiger partial charge < -0.3 is 19.4 Å². The number of nitrogens with zero attached hydrogens (tertiary/aromatic N) is 2. The van der Waals surface area contributed by atoms with E-state index in [9.17, 15) is 35.1 Å². The summed E-state index contributed by atoms with van der Waals surface area (Å²) in [4.78, 5) is 13.2. The van der Waals surface area contributed by atoms with Crippen molar-refractivity contribution in [1.29, 1.82) is 0 Å². The van der Waals surface area contributed by atoms with Gasteiger partial charge in [0.2, 0.25) is 34.9 Å². The summed E-state index contributed by atoms with van der Waals surface area (Å²) in [7, 11) is 0. The molecule has 8 bridgehead atoms. The van der Waals surface area contributed by atoms with E-state index in [1.54, 1.807) is 0 Å². The summed E-state index contributed by atoms with van der Waals surface area (Å²) >= 11 is 0. The second-order valence-electron chi connectivity index (χ2n) is 15.1. The quantitative estimate of drug-likeness (QED) is 0.103. The number of aromatic amines is 2. The van der Waals surface area contributed by atoms with Gasteiger partial charge in [-0.1, -0.05) is 0 Å². The molecular formula is C44H10F18N4O2. The van der Waals surface area contributed by atoms with Crippen molar-refractivity contribution < 1.29 is 88.5 Å². The summed E-state index contributed by atoms with van der Waals surface area (Å²) in [5.74, 6) is -47.4. The van der Waals surface area contributed by atoms with Crippen LogP contribution < -0.4 is 9.47 Å². The van der Waals surface area contributed by atoms with E-state index in [2.05, 4.69) is 19.9 Å². The molecule has 344 valence electrons. The molecule has 0 saturated carbocycles. The number of H-pyrrole nitrogens is 2. The van der Waals surface area contributed by atoms with Gasteiger partial charge in [-0.2, -0.15) is 8.78 Å². The summed E-state index contributed by atoms with van der Waals surface area (Å²) in [5, 5.41) is 0. The lowest BCUT2D eigenvalue weighted by Crippen LogP contribution is -2.25. The van der Waals surface area contributed by atoms with Gasteiger partial charge in [-0.3, -0.25) is 0 Å². The molecule has 0 radical (unpaired) electrons. The molecule has 2 atom stereocenters. The minimum absolute atomic E-state index is 0.693. The third kappa shape index (κ3) is 5.41. The molecule has 0 spiro atoms. The van der Waals surface area contributed by atoms with Crippen molar-refractivity contribution in [2.24, 2.45) is 0 Å². The van der Waals surface area contributed by atoms with E-state index in [4.69, 9.17) is 9.47 Å². The van der Waals surface area contributed by atoms with Crippen LogP contribution >= 0.6 is 0 Å². The van der Waals surface area contributed by atoms with Crippen LogP contribution in [0.2, 0.25) is 0 Å². The fourth-order valence-corrected chi connectivity index (χ4v) is 8.59. The first-order valence-electron chi connectivity index (χ1n) is 18.8. The average molecular weight is 969 g/mol. The number of ether oxygens (including phenoxy) is 2. The predicted molar refractivity (Wildman–Crippen MR) is 198 cm³/mol. The van der Waals surface area contributed by atoms with Crippen LogP contribution in [-0.2, 0) is 0 Å². The van der Waals surface area contributed by atoms with Gasteiger partial charge in [0.05, 0.1) is 45.0 Å². The monoisotopic (exact) mass is 968 g/mol. The van der Waals surface area contributed by atoms with Crippen LogP contribution in [0.1, 0.15) is 35.0 Å². The zero-order valence-electron chi connectivity index (χ0n) is 32.1. The van der Waals surface area contributed by atoms with Crippen LogP contribution in [0.25, 0.3) is 78.7 Å². The van der Waals surface area contributed by atoms with Crippen LogP contribution in [0.4, 0.5) is 79.0 Å². The fraction of sp³-hybridized carbons (Fsp3) is 0.0455. The molecule has 4 aliphatic heterocycles. The molecule has 6 nitrogen and oxygen atoms in total. The van der Waals surface area contributed by atoms with E-state index in [0.29, 0.717) is 12.2 Å². The lowest BCUT2D eigenvalue weighted by Gasteiger charge is -2.32. The highest BCUT2D eigenvalue weighted by molar-refractivity contribution is 5.99. The summed E-state index contributed by atoms with van der Waals surface area (Å²) in [6, 6.07) is 3.15. The number of hydrogen-bond acceptors (Lipinski definition) is 4. The molecule has 11 rings (SSSR count). The highest BCUT2D eigenvalue weighted by atomic mass is 19.2. The van der Waals surface area contributed by atoms with Crippen LogP contribution in [0.5, 0.6) is 11.5 Å². The Morgan fingerprint density at radius 3 is 0.882 bits per heavy atom. The highest BCUT2D eigenvalue weighted by Crippen LogP contribution is 2.58. The standard InChI is InChI=1S/C44H10F18N4O2/c45-21-17(22(46)28(52)33(57)27(21)51)13-7-1-2-8(63-7)14(18-23(47)29(53)34(58)30(54)24(18)48)10-4-6-12(65-10)16-20-26(50)32(56)36(60)38(62)42(20)68-44-40(16)66-39-15(11-5-3-9(13)64-11)19-25(49)31(55)35(59)37(61)41(19)67-43(39)44/h1-6,43-44,64-65H/t43-,44+. The molecule has 7 aromatic rings. The number of fused-ring (bicyclic) bond motifs is 13. The fourth-order valence-electron chi connectivity index (χ4n) is 8.59. The Balaban J connectivity index is 1.41. The van der Waals surface area contributed by atoms with Crippen molar-refractivity contribution in [3.8, 4) is 56.0 Å². The minimum Gasteiger partial charge on any atom is -0.476 e. The molecule has 0 amide bonds. The number of nitrogens with one attached hydrogen (secondary N) is 2. The van der Waals surface area contributed by atoms with Crippen LogP contribution in [0.3, 0.4) is 0 Å². The molecule has 0 aliphatic carbocycles. The van der Waals surface area contributed by atoms with Gasteiger partial charge in [-0.05, 0) is 36.4 Å². The molecule has 4 aromatic carbocycles. The summed E-state index contributed by atoms with van der Waals surface area (Å²) in [6.07, 6.45) is -2.95. The van der Waals surface area contributed by atoms with Gasteiger partial charge in [0.25, 0.3) is 0 Å². The van der Waals surface area contributed by atoms with Gasteiger partial charge in [-0.25, -0.2) is 80.2 Å². The van der Waals surface area contributed by atoms with E-state index >= 15 is 43.9 Å². The number of hydrogen-bond donors (Lipinski definition) is 2. The summed E-state index contributed by atoms with van der Waals surface area (Å²) < 4.78 is 287. The number of rotatable bonds is 2. The van der Waals surface area contributed by atoms with Gasteiger partial charge >= 0.3 is 0 Å². The van der Waals surface area contributed by atoms with Gasteiger partial charge in [0.15, 0.2) is 93.5 Å². The lowest BCUT2D eigenvalue weighted by molar-refractivity contribution is 0.0499. The Bertz CT molecular complexity index is 3480. The van der Waals surface area contributed by atoms with Gasteiger partial charge in [-0.15, -0.1) is 0 Å². The molecular weight excluding hydrogens is 958 g/mol. The maximum Gasteiger partial charge on any atom is 0.204 e. The third-order valence-electron chi connectivity index (χ3n) is 11.5. The SMILES string of the molecule is Fc1c(F)c(F)c(-c2c3nc(c(-c4c(F)c(F)c(F)c(F)c4F)c4ccc([nH]4)c4c5nc6c(c7ccc2[nH]7)-c2c(F)c(F)c(F)c(F)c2O[C@H]6[C@H]5Oc2c(F)c(F)c(F)c(F)c2-4)C=C3)c(F)c1F. The highest BCUT2D eigenvalue weighted by Gasteiger charge is 2.50. The lowest BCUT2D eigenvalue weighted by atomic mass is 9.91. The number of halogens is 18. The average Bonchev–Trinajstić information content (AvgIpc) is 4.17. The predicted octanol–water partition coefficient (Wildman–Crippen LogP) is 13.2. The molecule has 0 saturated heterocycles. The number of aromatic nitrogens is 4. The Hall–Kier alpha value is -7.92. The van der Waals surface area contributed by atoms with E-state index in [-0.39, 0.29) is 0 Å². The topological polar surface area (TPSA) is 75.8 Å². The maximum atomic E-state index is 16.1. The molecule has 68 heavy (non-hydrogen) atoms. The first-order valence-corrected chi connectivity index (χ1v) is 18.8. The van der Waals surface area contributed by atoms with E-state index < -0.39 is 218 Å². The van der Waals surface area contributed by atoms with Gasteiger partial charge in [0.1, 0.15) is 0 Å². The van der Waals surface area contributed by atoms with Crippen LogP contribution in [0.15, 0.2) is 24.3 Å². The third-order valence-corrected chi connectivity index (χ3v) is 11.5. The van der Waals surface area contributed by atoms with E-state index in [1.807, 2.05) is 0 Å². The Morgan fingerprint density at radius 2 is 0.559 bits per heavy atom. The Morgan fingerprint density at radius 1 is 0.294 bits per heavy atom. The second kappa shape index (κ2) is 14.3. The number of benzene rings is 4.